The number of hydrogen-bond acceptors (Lipinski definition) is 1. The molecule has 2 rings (SSSR count). The minimum Gasteiger partial charge on any atom is -0.486 e. The van der Waals surface area contributed by atoms with Crippen LogP contribution in [0, 0.1) is 5.82 Å². The van der Waals surface area contributed by atoms with E-state index in [0.29, 0.717) is 12.0 Å². The van der Waals surface area contributed by atoms with Crippen LogP contribution >= 0.6 is 11.6 Å². The Balaban J connectivity index is 2.18. The van der Waals surface area contributed by atoms with Gasteiger partial charge >= 0.3 is 6.18 Å². The lowest BCUT2D eigenvalue weighted by atomic mass is 10.1. The molecule has 2 aromatic rings. The van der Waals surface area contributed by atoms with Gasteiger partial charge in [0, 0.05) is 12.3 Å². The molecular formula is C16H13ClF4O. The van der Waals surface area contributed by atoms with Crippen LogP contribution in [0.1, 0.15) is 23.7 Å². The lowest BCUT2D eigenvalue weighted by molar-refractivity contribution is -0.137. The smallest absolute Gasteiger partial charge is 0.416 e. The largest absolute Gasteiger partial charge is 0.486 e. The maximum absolute atomic E-state index is 13.3. The van der Waals surface area contributed by atoms with Gasteiger partial charge in [0.15, 0.2) is 0 Å². The summed E-state index contributed by atoms with van der Waals surface area (Å²) >= 11 is 5.71. The van der Waals surface area contributed by atoms with E-state index < -0.39 is 23.7 Å². The van der Waals surface area contributed by atoms with Crippen molar-refractivity contribution in [2.45, 2.75) is 18.7 Å². The normalized spacial score (nSPS) is 13.0. The molecule has 0 saturated heterocycles. The molecule has 0 aliphatic rings. The number of halogens is 5. The van der Waals surface area contributed by atoms with E-state index in [0.717, 1.165) is 12.1 Å². The summed E-state index contributed by atoms with van der Waals surface area (Å²) in [4.78, 5) is 0. The molecule has 0 saturated carbocycles. The van der Waals surface area contributed by atoms with Crippen molar-refractivity contribution in [3.63, 3.8) is 0 Å². The van der Waals surface area contributed by atoms with E-state index in [1.165, 1.54) is 24.3 Å². The highest BCUT2D eigenvalue weighted by Gasteiger charge is 2.30. The Labute approximate surface area is 130 Å². The van der Waals surface area contributed by atoms with Crippen molar-refractivity contribution in [3.05, 3.63) is 65.5 Å². The average molecular weight is 333 g/mol. The van der Waals surface area contributed by atoms with Gasteiger partial charge in [-0.3, -0.25) is 0 Å². The van der Waals surface area contributed by atoms with Crippen molar-refractivity contribution >= 4 is 11.6 Å². The van der Waals surface area contributed by atoms with Crippen molar-refractivity contribution in [2.24, 2.45) is 0 Å². The van der Waals surface area contributed by atoms with Crippen molar-refractivity contribution in [1.82, 2.24) is 0 Å². The van der Waals surface area contributed by atoms with Gasteiger partial charge in [-0.25, -0.2) is 4.39 Å². The molecule has 118 valence electrons. The van der Waals surface area contributed by atoms with Crippen LogP contribution in [0.25, 0.3) is 0 Å². The Morgan fingerprint density at radius 3 is 2.27 bits per heavy atom. The average Bonchev–Trinajstić information content (AvgIpc) is 2.46. The molecule has 0 aromatic heterocycles. The summed E-state index contributed by atoms with van der Waals surface area (Å²) in [5.41, 5.74) is -0.167. The summed E-state index contributed by atoms with van der Waals surface area (Å²) in [5.74, 6) is 0.141. The second-order valence-corrected chi connectivity index (χ2v) is 5.04. The zero-order chi connectivity index (χ0) is 16.2. The Morgan fingerprint density at radius 2 is 1.73 bits per heavy atom. The standard InChI is InChI=1S/C16H13ClF4O/c17-9-8-15(11-2-1-3-13(18)10-11)22-14-6-4-12(5-7-14)16(19,20)21/h1-7,10,15H,8-9H2/t15-/m0/s1. The summed E-state index contributed by atoms with van der Waals surface area (Å²) in [6, 6.07) is 10.2. The predicted molar refractivity (Wildman–Crippen MR) is 76.6 cm³/mol. The first-order valence-corrected chi connectivity index (χ1v) is 7.09. The quantitative estimate of drug-likeness (QED) is 0.512. The van der Waals surface area contributed by atoms with E-state index in [9.17, 15) is 17.6 Å². The molecular weight excluding hydrogens is 320 g/mol. The van der Waals surface area contributed by atoms with E-state index >= 15 is 0 Å². The van der Waals surface area contributed by atoms with Gasteiger partial charge < -0.3 is 4.74 Å². The molecule has 0 radical (unpaired) electrons. The topological polar surface area (TPSA) is 9.23 Å². The fourth-order valence-corrected chi connectivity index (χ4v) is 2.18. The lowest BCUT2D eigenvalue weighted by Crippen LogP contribution is -2.09. The molecule has 0 bridgehead atoms. The van der Waals surface area contributed by atoms with Gasteiger partial charge in [0.05, 0.1) is 5.56 Å². The van der Waals surface area contributed by atoms with Gasteiger partial charge in [0.25, 0.3) is 0 Å². The van der Waals surface area contributed by atoms with Crippen LogP contribution in [0.4, 0.5) is 17.6 Å². The number of ether oxygens (including phenoxy) is 1. The summed E-state index contributed by atoms with van der Waals surface area (Å²) in [7, 11) is 0. The molecule has 0 amide bonds. The van der Waals surface area contributed by atoms with Crippen LogP contribution in [0.2, 0.25) is 0 Å². The Kier molecular flexibility index (Phi) is 5.29. The van der Waals surface area contributed by atoms with Gasteiger partial charge in [0.2, 0.25) is 0 Å². The highest BCUT2D eigenvalue weighted by molar-refractivity contribution is 6.17. The minimum absolute atomic E-state index is 0.271. The monoisotopic (exact) mass is 332 g/mol. The van der Waals surface area contributed by atoms with Gasteiger partial charge in [-0.2, -0.15) is 13.2 Å². The number of hydrogen-bond donors (Lipinski definition) is 0. The van der Waals surface area contributed by atoms with E-state index in [1.807, 2.05) is 0 Å². The third kappa shape index (κ3) is 4.37. The molecule has 0 N–H and O–H groups in total. The zero-order valence-corrected chi connectivity index (χ0v) is 12.2. The van der Waals surface area contributed by atoms with Crippen molar-refractivity contribution in [2.75, 3.05) is 5.88 Å². The maximum Gasteiger partial charge on any atom is 0.416 e. The Morgan fingerprint density at radius 1 is 1.05 bits per heavy atom. The van der Waals surface area contributed by atoms with Gasteiger partial charge in [-0.05, 0) is 42.0 Å². The summed E-state index contributed by atoms with van der Waals surface area (Å²) in [5, 5.41) is 0. The number of alkyl halides is 4. The molecule has 22 heavy (non-hydrogen) atoms. The molecule has 0 spiro atoms. The van der Waals surface area contributed by atoms with Crippen molar-refractivity contribution < 1.29 is 22.3 Å². The molecule has 0 unspecified atom stereocenters. The highest BCUT2D eigenvalue weighted by atomic mass is 35.5. The predicted octanol–water partition coefficient (Wildman–Crippen LogP) is 5.59. The minimum atomic E-state index is -4.39. The Hall–Kier alpha value is -1.75. The second-order valence-electron chi connectivity index (χ2n) is 4.66. The lowest BCUT2D eigenvalue weighted by Gasteiger charge is -2.19. The van der Waals surface area contributed by atoms with Crippen LogP contribution in [-0.2, 0) is 6.18 Å². The molecule has 0 aliphatic heterocycles. The Bertz CT molecular complexity index is 610. The second kappa shape index (κ2) is 7.01. The first-order chi connectivity index (χ1) is 10.4. The third-order valence-electron chi connectivity index (χ3n) is 3.05. The van der Waals surface area contributed by atoms with E-state index in [1.54, 1.807) is 12.1 Å². The molecule has 6 heteroatoms. The molecule has 0 aliphatic carbocycles. The van der Waals surface area contributed by atoms with Crippen LogP contribution in [-0.4, -0.2) is 5.88 Å². The number of benzene rings is 2. The van der Waals surface area contributed by atoms with Crippen LogP contribution < -0.4 is 4.74 Å². The molecule has 0 heterocycles. The number of rotatable bonds is 5. The van der Waals surface area contributed by atoms with Crippen LogP contribution in [0.3, 0.4) is 0 Å². The molecule has 1 atom stereocenters. The molecule has 1 nitrogen and oxygen atoms in total. The fourth-order valence-electron chi connectivity index (χ4n) is 1.99. The fraction of sp³-hybridized carbons (Fsp3) is 0.250. The third-order valence-corrected chi connectivity index (χ3v) is 3.27. The van der Waals surface area contributed by atoms with E-state index in [-0.39, 0.29) is 11.6 Å². The first-order valence-electron chi connectivity index (χ1n) is 6.55. The summed E-state index contributed by atoms with van der Waals surface area (Å²) < 4.78 is 56.5. The SMILES string of the molecule is Fc1cccc([C@H](CCCl)Oc2ccc(C(F)(F)F)cc2)c1. The zero-order valence-electron chi connectivity index (χ0n) is 11.4. The van der Waals surface area contributed by atoms with Crippen molar-refractivity contribution in [1.29, 1.82) is 0 Å². The molecule has 0 fully saturated rings. The van der Waals surface area contributed by atoms with Gasteiger partial charge in [-0.1, -0.05) is 12.1 Å². The first kappa shape index (κ1) is 16.6. The van der Waals surface area contributed by atoms with Crippen LogP contribution in [0.5, 0.6) is 5.75 Å². The summed E-state index contributed by atoms with van der Waals surface area (Å²) in [6.45, 7) is 0. The molecule has 2 aromatic carbocycles. The van der Waals surface area contributed by atoms with Gasteiger partial charge in [0.1, 0.15) is 17.7 Å². The van der Waals surface area contributed by atoms with E-state index in [4.69, 9.17) is 16.3 Å². The maximum atomic E-state index is 13.3. The van der Waals surface area contributed by atoms with E-state index in [2.05, 4.69) is 0 Å². The highest BCUT2D eigenvalue weighted by Crippen LogP contribution is 2.32. The van der Waals surface area contributed by atoms with Gasteiger partial charge in [-0.15, -0.1) is 11.6 Å². The summed E-state index contributed by atoms with van der Waals surface area (Å²) in [6.07, 6.45) is -4.51. The van der Waals surface area contributed by atoms with Crippen LogP contribution in [0.15, 0.2) is 48.5 Å². The van der Waals surface area contributed by atoms with Crippen molar-refractivity contribution in [3.8, 4) is 5.75 Å².